The second-order valence-electron chi connectivity index (χ2n) is 8.36. The molecule has 1 amide bonds. The Kier molecular flexibility index (Phi) is 6.53. The van der Waals surface area contributed by atoms with Gasteiger partial charge >= 0.3 is 5.97 Å². The zero-order valence-electron chi connectivity index (χ0n) is 18.8. The first kappa shape index (κ1) is 22.6. The zero-order valence-corrected chi connectivity index (χ0v) is 18.8. The molecule has 0 radical (unpaired) electrons. The standard InChI is InChI=1S/C25H27FN4O3/c1-3-18-14-21(25(33)29-13-6-4-5-8-16(29)2)27-22-15-20(28-30(18)22)19-10-7-9-17(24(19)26)11-12-23(31)32/h7,9-12,14-16H,3-6,8,13H2,1-2H3,(H,31,32)/b12-11-/t16-/m1/s1. The molecule has 1 aliphatic rings. The van der Waals surface area contributed by atoms with Gasteiger partial charge in [0.1, 0.15) is 11.5 Å². The van der Waals surface area contributed by atoms with Crippen LogP contribution < -0.4 is 0 Å². The molecule has 172 valence electrons. The van der Waals surface area contributed by atoms with Crippen LogP contribution in [-0.4, -0.2) is 49.1 Å². The molecule has 1 N–H and O–H groups in total. The van der Waals surface area contributed by atoms with Gasteiger partial charge in [-0.05, 0) is 44.4 Å². The lowest BCUT2D eigenvalue weighted by Crippen LogP contribution is -2.38. The molecular formula is C25H27FN4O3. The maximum Gasteiger partial charge on any atom is 0.328 e. The third-order valence-electron chi connectivity index (χ3n) is 6.11. The number of rotatable bonds is 5. The van der Waals surface area contributed by atoms with Gasteiger partial charge in [-0.15, -0.1) is 0 Å². The van der Waals surface area contributed by atoms with Crippen molar-refractivity contribution in [3.63, 3.8) is 0 Å². The number of carbonyl (C=O) groups excluding carboxylic acids is 1. The number of aliphatic carboxylic acids is 1. The van der Waals surface area contributed by atoms with E-state index in [9.17, 15) is 9.59 Å². The van der Waals surface area contributed by atoms with Crippen LogP contribution in [0.1, 0.15) is 61.3 Å². The molecule has 0 saturated carbocycles. The second-order valence-corrected chi connectivity index (χ2v) is 8.36. The van der Waals surface area contributed by atoms with Crippen LogP contribution in [0.15, 0.2) is 36.4 Å². The van der Waals surface area contributed by atoms with Crippen molar-refractivity contribution < 1.29 is 19.1 Å². The fraction of sp³-hybridized carbons (Fsp3) is 0.360. The largest absolute Gasteiger partial charge is 0.478 e. The predicted octanol–water partition coefficient (Wildman–Crippen LogP) is 4.60. The van der Waals surface area contributed by atoms with E-state index in [1.54, 1.807) is 28.8 Å². The van der Waals surface area contributed by atoms with Crippen LogP contribution in [0.4, 0.5) is 4.39 Å². The minimum absolute atomic E-state index is 0.0867. The molecular weight excluding hydrogens is 423 g/mol. The van der Waals surface area contributed by atoms with E-state index in [2.05, 4.69) is 17.0 Å². The molecule has 2 aromatic heterocycles. The number of fused-ring (bicyclic) bond motifs is 1. The van der Waals surface area contributed by atoms with Gasteiger partial charge in [-0.25, -0.2) is 18.7 Å². The highest BCUT2D eigenvalue weighted by Crippen LogP contribution is 2.27. The number of nitrogens with zero attached hydrogens (tertiary/aromatic N) is 4. The summed E-state index contributed by atoms with van der Waals surface area (Å²) in [6.45, 7) is 4.77. The SMILES string of the molecule is CCc1cc(C(=O)N2CCCCC[C@H]2C)nc2cc(-c3cccc(/C=C\C(=O)O)c3F)nn12. The molecule has 8 heteroatoms. The minimum atomic E-state index is -1.15. The fourth-order valence-electron chi connectivity index (χ4n) is 4.29. The van der Waals surface area contributed by atoms with Crippen LogP contribution in [0.5, 0.6) is 0 Å². The molecule has 3 heterocycles. The van der Waals surface area contributed by atoms with Crippen LogP contribution in [0.3, 0.4) is 0 Å². The van der Waals surface area contributed by atoms with Gasteiger partial charge in [-0.1, -0.05) is 31.9 Å². The lowest BCUT2D eigenvalue weighted by Gasteiger charge is -2.27. The van der Waals surface area contributed by atoms with Crippen LogP contribution in [-0.2, 0) is 11.2 Å². The van der Waals surface area contributed by atoms with Crippen molar-refractivity contribution in [2.45, 2.75) is 52.0 Å². The molecule has 3 aromatic rings. The Morgan fingerprint density at radius 3 is 2.82 bits per heavy atom. The van der Waals surface area contributed by atoms with Gasteiger partial charge in [-0.3, -0.25) is 4.79 Å². The summed E-state index contributed by atoms with van der Waals surface area (Å²) in [6.07, 6.45) is 6.95. The van der Waals surface area contributed by atoms with Crippen molar-refractivity contribution in [3.05, 3.63) is 59.2 Å². The molecule has 0 spiro atoms. The van der Waals surface area contributed by atoms with Gasteiger partial charge in [0, 0.05) is 41.5 Å². The third-order valence-corrected chi connectivity index (χ3v) is 6.11. The molecule has 1 atom stereocenters. The number of aromatic nitrogens is 3. The first-order valence-electron chi connectivity index (χ1n) is 11.3. The first-order valence-corrected chi connectivity index (χ1v) is 11.3. The number of halogens is 1. The smallest absolute Gasteiger partial charge is 0.328 e. The molecule has 0 unspecified atom stereocenters. The van der Waals surface area contributed by atoms with E-state index >= 15 is 4.39 Å². The lowest BCUT2D eigenvalue weighted by molar-refractivity contribution is -0.131. The van der Waals surface area contributed by atoms with Crippen LogP contribution in [0.25, 0.3) is 23.0 Å². The maximum absolute atomic E-state index is 15.1. The summed E-state index contributed by atoms with van der Waals surface area (Å²) in [5, 5.41) is 13.4. The van der Waals surface area contributed by atoms with Crippen molar-refractivity contribution in [2.75, 3.05) is 6.54 Å². The highest BCUT2D eigenvalue weighted by Gasteiger charge is 2.25. The Bertz CT molecular complexity index is 1230. The first-order chi connectivity index (χ1) is 15.9. The Hall–Kier alpha value is -3.55. The zero-order chi connectivity index (χ0) is 23.5. The Labute approximate surface area is 191 Å². The lowest BCUT2D eigenvalue weighted by atomic mass is 10.1. The molecule has 33 heavy (non-hydrogen) atoms. The molecule has 1 fully saturated rings. The molecule has 1 aromatic carbocycles. The van der Waals surface area contributed by atoms with Crippen LogP contribution in [0.2, 0.25) is 0 Å². The van der Waals surface area contributed by atoms with Crippen LogP contribution in [0, 0.1) is 5.82 Å². The van der Waals surface area contributed by atoms with E-state index in [0.29, 0.717) is 23.5 Å². The van der Waals surface area contributed by atoms with E-state index in [1.165, 1.54) is 12.1 Å². The third kappa shape index (κ3) is 4.65. The average Bonchev–Trinajstić information content (AvgIpc) is 3.11. The van der Waals surface area contributed by atoms with Crippen molar-refractivity contribution in [1.82, 2.24) is 19.5 Å². The van der Waals surface area contributed by atoms with Gasteiger partial charge < -0.3 is 10.0 Å². The van der Waals surface area contributed by atoms with Gasteiger partial charge in [0.15, 0.2) is 5.65 Å². The summed E-state index contributed by atoms with van der Waals surface area (Å²) in [4.78, 5) is 30.6. The summed E-state index contributed by atoms with van der Waals surface area (Å²) < 4.78 is 16.7. The topological polar surface area (TPSA) is 87.8 Å². The summed E-state index contributed by atoms with van der Waals surface area (Å²) in [5.41, 5.74) is 2.41. The minimum Gasteiger partial charge on any atom is -0.478 e. The number of aryl methyl sites for hydroxylation is 1. The van der Waals surface area contributed by atoms with Gasteiger partial charge in [-0.2, -0.15) is 5.10 Å². The van der Waals surface area contributed by atoms with E-state index in [1.807, 2.05) is 11.8 Å². The molecule has 4 rings (SSSR count). The number of carboxylic acids is 1. The number of benzene rings is 1. The Balaban J connectivity index is 1.75. The van der Waals surface area contributed by atoms with Gasteiger partial charge in [0.05, 0.1) is 5.69 Å². The Morgan fingerprint density at radius 2 is 2.06 bits per heavy atom. The summed E-state index contributed by atoms with van der Waals surface area (Å²) in [5.74, 6) is -1.80. The second kappa shape index (κ2) is 9.52. The molecule has 7 nitrogen and oxygen atoms in total. The van der Waals surface area contributed by atoms with E-state index in [4.69, 9.17) is 5.11 Å². The van der Waals surface area contributed by atoms with Crippen molar-refractivity contribution in [1.29, 1.82) is 0 Å². The summed E-state index contributed by atoms with van der Waals surface area (Å²) in [6, 6.07) is 8.33. The average molecular weight is 451 g/mol. The fourth-order valence-corrected chi connectivity index (χ4v) is 4.29. The summed E-state index contributed by atoms with van der Waals surface area (Å²) >= 11 is 0. The van der Waals surface area contributed by atoms with Gasteiger partial charge in [0.2, 0.25) is 0 Å². The van der Waals surface area contributed by atoms with E-state index < -0.39 is 11.8 Å². The highest BCUT2D eigenvalue weighted by atomic mass is 19.1. The number of amides is 1. The number of hydrogen-bond donors (Lipinski definition) is 1. The monoisotopic (exact) mass is 450 g/mol. The number of carboxylic acid groups (broad SMARTS) is 1. The van der Waals surface area contributed by atoms with Crippen LogP contribution >= 0.6 is 0 Å². The predicted molar refractivity (Wildman–Crippen MR) is 123 cm³/mol. The molecule has 0 bridgehead atoms. The number of carbonyl (C=O) groups is 2. The normalized spacial score (nSPS) is 16.9. The highest BCUT2D eigenvalue weighted by molar-refractivity contribution is 5.93. The van der Waals surface area contributed by atoms with Gasteiger partial charge in [0.25, 0.3) is 5.91 Å². The quantitative estimate of drug-likeness (QED) is 0.574. The van der Waals surface area contributed by atoms with Crippen molar-refractivity contribution in [2.24, 2.45) is 0 Å². The molecule has 1 saturated heterocycles. The summed E-state index contributed by atoms with van der Waals surface area (Å²) in [7, 11) is 0. The Morgan fingerprint density at radius 1 is 1.24 bits per heavy atom. The number of hydrogen-bond acceptors (Lipinski definition) is 4. The molecule has 1 aliphatic heterocycles. The van der Waals surface area contributed by atoms with E-state index in [0.717, 1.165) is 44.0 Å². The van der Waals surface area contributed by atoms with Crippen molar-refractivity contribution in [3.8, 4) is 11.3 Å². The number of likely N-dealkylation sites (tertiary alicyclic amines) is 1. The van der Waals surface area contributed by atoms with Crippen molar-refractivity contribution >= 4 is 23.6 Å². The molecule has 0 aliphatic carbocycles. The van der Waals surface area contributed by atoms with E-state index in [-0.39, 0.29) is 23.1 Å². The maximum atomic E-state index is 15.1.